The van der Waals surface area contributed by atoms with Crippen molar-refractivity contribution in [1.82, 2.24) is 4.90 Å². The van der Waals surface area contributed by atoms with Gasteiger partial charge in [0.15, 0.2) is 0 Å². The average Bonchev–Trinajstić information content (AvgIpc) is 3.48. The van der Waals surface area contributed by atoms with Crippen LogP contribution in [0.15, 0.2) is 64.8 Å². The second-order valence-corrected chi connectivity index (χ2v) is 8.33. The van der Waals surface area contributed by atoms with E-state index in [0.717, 1.165) is 16.9 Å². The maximum absolute atomic E-state index is 14.0. The third-order valence-corrected chi connectivity index (χ3v) is 6.43. The van der Waals surface area contributed by atoms with Gasteiger partial charge in [0.1, 0.15) is 5.75 Å². The summed E-state index contributed by atoms with van der Waals surface area (Å²) in [6.45, 7) is 2.26. The molecule has 152 valence electrons. The van der Waals surface area contributed by atoms with Crippen LogP contribution in [0.4, 0.5) is 0 Å². The first-order chi connectivity index (χ1) is 14.2. The summed E-state index contributed by atoms with van der Waals surface area (Å²) in [6.07, 6.45) is 4.70. The molecule has 3 heterocycles. The molecule has 0 unspecified atom stereocenters. The number of amides is 1. The van der Waals surface area contributed by atoms with E-state index in [1.807, 2.05) is 46.7 Å². The second-order valence-electron chi connectivity index (χ2n) is 7.30. The summed E-state index contributed by atoms with van der Waals surface area (Å²) in [5, 5.41) is 2.05. The Morgan fingerprint density at radius 3 is 2.55 bits per heavy atom. The van der Waals surface area contributed by atoms with Crippen molar-refractivity contribution in [1.29, 1.82) is 0 Å². The summed E-state index contributed by atoms with van der Waals surface area (Å²) in [5.41, 5.74) is 1.42. The van der Waals surface area contributed by atoms with Gasteiger partial charge in [-0.3, -0.25) is 4.79 Å². The number of benzene rings is 1. The van der Waals surface area contributed by atoms with Gasteiger partial charge < -0.3 is 18.8 Å². The molecule has 1 aliphatic rings. The Balaban J connectivity index is 1.68. The summed E-state index contributed by atoms with van der Waals surface area (Å²) in [7, 11) is 1.65. The molecule has 5 nitrogen and oxygen atoms in total. The van der Waals surface area contributed by atoms with Crippen LogP contribution < -0.4 is 4.74 Å². The lowest BCUT2D eigenvalue weighted by Gasteiger charge is -2.40. The zero-order chi connectivity index (χ0) is 20.1. The van der Waals surface area contributed by atoms with E-state index < -0.39 is 5.41 Å². The molecule has 6 heteroatoms. The van der Waals surface area contributed by atoms with Gasteiger partial charge in [-0.1, -0.05) is 18.2 Å². The Morgan fingerprint density at radius 2 is 1.93 bits per heavy atom. The van der Waals surface area contributed by atoms with Gasteiger partial charge in [0.05, 0.1) is 31.6 Å². The topological polar surface area (TPSA) is 51.9 Å². The molecule has 0 bridgehead atoms. The first kappa shape index (κ1) is 19.7. The summed E-state index contributed by atoms with van der Waals surface area (Å²) in [5.74, 6) is 0.929. The van der Waals surface area contributed by atoms with Crippen LogP contribution in [0.3, 0.4) is 0 Å². The highest BCUT2D eigenvalue weighted by atomic mass is 32.1. The zero-order valence-electron chi connectivity index (χ0n) is 16.5. The van der Waals surface area contributed by atoms with E-state index in [2.05, 4.69) is 6.07 Å². The number of hydrogen-bond acceptors (Lipinski definition) is 5. The Kier molecular flexibility index (Phi) is 6.02. The molecule has 0 spiro atoms. The number of nitrogens with zero attached hydrogens (tertiary/aromatic N) is 1. The minimum absolute atomic E-state index is 0.139. The van der Waals surface area contributed by atoms with Crippen LogP contribution in [-0.2, 0) is 28.0 Å². The Morgan fingerprint density at radius 1 is 1.14 bits per heavy atom. The van der Waals surface area contributed by atoms with Crippen molar-refractivity contribution in [2.45, 2.75) is 31.3 Å². The van der Waals surface area contributed by atoms with Crippen LogP contribution >= 0.6 is 11.3 Å². The van der Waals surface area contributed by atoms with Crippen molar-refractivity contribution in [3.63, 3.8) is 0 Å². The van der Waals surface area contributed by atoms with Crippen molar-refractivity contribution in [2.24, 2.45) is 0 Å². The number of carbonyl (C=O) groups excluding carboxylic acids is 1. The molecule has 0 N–H and O–H groups in total. The van der Waals surface area contributed by atoms with Crippen LogP contribution in [0.25, 0.3) is 0 Å². The van der Waals surface area contributed by atoms with Crippen LogP contribution in [-0.4, -0.2) is 31.1 Å². The molecule has 1 amide bonds. The first-order valence-corrected chi connectivity index (χ1v) is 10.6. The third kappa shape index (κ3) is 4.23. The largest absolute Gasteiger partial charge is 0.497 e. The van der Waals surface area contributed by atoms with Gasteiger partial charge in [-0.2, -0.15) is 0 Å². The Bertz CT molecular complexity index is 861. The monoisotopic (exact) mass is 411 g/mol. The van der Waals surface area contributed by atoms with Crippen LogP contribution in [0.5, 0.6) is 5.75 Å². The highest BCUT2D eigenvalue weighted by Crippen LogP contribution is 2.38. The van der Waals surface area contributed by atoms with Gasteiger partial charge >= 0.3 is 0 Å². The Labute approximate surface area is 174 Å². The third-order valence-electron chi connectivity index (χ3n) is 5.57. The number of ether oxygens (including phenoxy) is 2. The van der Waals surface area contributed by atoms with E-state index in [4.69, 9.17) is 13.9 Å². The second kappa shape index (κ2) is 8.84. The quantitative estimate of drug-likeness (QED) is 0.569. The predicted molar refractivity (Wildman–Crippen MR) is 112 cm³/mol. The fourth-order valence-corrected chi connectivity index (χ4v) is 4.67. The van der Waals surface area contributed by atoms with E-state index in [9.17, 15) is 4.79 Å². The molecule has 4 rings (SSSR count). The van der Waals surface area contributed by atoms with Gasteiger partial charge in [-0.05, 0) is 48.1 Å². The van der Waals surface area contributed by atoms with Gasteiger partial charge in [-0.25, -0.2) is 0 Å². The van der Waals surface area contributed by atoms with Crippen LogP contribution in [0.1, 0.15) is 28.8 Å². The van der Waals surface area contributed by atoms with Crippen molar-refractivity contribution >= 4 is 17.2 Å². The summed E-state index contributed by atoms with van der Waals surface area (Å²) >= 11 is 1.67. The van der Waals surface area contributed by atoms with E-state index >= 15 is 0 Å². The lowest BCUT2D eigenvalue weighted by atomic mass is 9.73. The van der Waals surface area contributed by atoms with Gasteiger partial charge in [0.25, 0.3) is 0 Å². The highest BCUT2D eigenvalue weighted by molar-refractivity contribution is 7.09. The highest BCUT2D eigenvalue weighted by Gasteiger charge is 2.44. The van der Waals surface area contributed by atoms with Crippen molar-refractivity contribution < 1.29 is 18.7 Å². The molecule has 29 heavy (non-hydrogen) atoms. The molecule has 1 aliphatic heterocycles. The lowest BCUT2D eigenvalue weighted by Crippen LogP contribution is -2.49. The molecule has 0 atom stereocenters. The molecule has 0 radical (unpaired) electrons. The molecule has 2 aromatic heterocycles. The average molecular weight is 412 g/mol. The first-order valence-electron chi connectivity index (χ1n) is 9.76. The zero-order valence-corrected chi connectivity index (χ0v) is 17.3. The Hall–Kier alpha value is -2.57. The smallest absolute Gasteiger partial charge is 0.234 e. The fourth-order valence-electron chi connectivity index (χ4n) is 3.95. The molecule has 1 fully saturated rings. The molecular formula is C23H25NO4S. The van der Waals surface area contributed by atoms with Crippen LogP contribution in [0, 0.1) is 0 Å². The van der Waals surface area contributed by atoms with Crippen LogP contribution in [0.2, 0.25) is 0 Å². The number of furan rings is 1. The van der Waals surface area contributed by atoms with Crippen molar-refractivity contribution in [3.8, 4) is 5.75 Å². The number of rotatable bonds is 7. The van der Waals surface area contributed by atoms with Gasteiger partial charge in [0, 0.05) is 30.2 Å². The fraction of sp³-hybridized carbons (Fsp3) is 0.348. The SMILES string of the molecule is COc1ccc(C2(C(=O)N(Cc3ccoc3)Cc3cccs3)CCOCC2)cc1. The standard InChI is InChI=1S/C23H25NO4S/c1-26-20-6-4-19(5-7-20)23(9-12-27-13-10-23)22(25)24(15-18-8-11-28-17-18)16-21-3-2-14-29-21/h2-8,11,14,17H,9-10,12-13,15-16H2,1H3. The van der Waals surface area contributed by atoms with Crippen molar-refractivity contribution in [3.05, 3.63) is 76.4 Å². The van der Waals surface area contributed by atoms with E-state index in [1.165, 1.54) is 4.88 Å². The molecule has 1 saturated heterocycles. The minimum Gasteiger partial charge on any atom is -0.497 e. The van der Waals surface area contributed by atoms with Gasteiger partial charge in [0.2, 0.25) is 5.91 Å². The number of hydrogen-bond donors (Lipinski definition) is 0. The number of thiophene rings is 1. The lowest BCUT2D eigenvalue weighted by molar-refractivity contribution is -0.142. The molecular weight excluding hydrogens is 386 g/mol. The number of carbonyl (C=O) groups is 1. The maximum atomic E-state index is 14.0. The molecule has 0 aliphatic carbocycles. The maximum Gasteiger partial charge on any atom is 0.234 e. The summed E-state index contributed by atoms with van der Waals surface area (Å²) in [6, 6.07) is 13.9. The van der Waals surface area contributed by atoms with E-state index in [-0.39, 0.29) is 5.91 Å². The summed E-state index contributed by atoms with van der Waals surface area (Å²) in [4.78, 5) is 17.2. The normalized spacial score (nSPS) is 15.8. The van der Waals surface area contributed by atoms with E-state index in [1.54, 1.807) is 31.0 Å². The number of methoxy groups -OCH3 is 1. The van der Waals surface area contributed by atoms with E-state index in [0.29, 0.717) is 39.1 Å². The molecule has 1 aromatic carbocycles. The van der Waals surface area contributed by atoms with Gasteiger partial charge in [-0.15, -0.1) is 11.3 Å². The molecule has 3 aromatic rings. The minimum atomic E-state index is -0.592. The summed E-state index contributed by atoms with van der Waals surface area (Å²) < 4.78 is 16.2. The van der Waals surface area contributed by atoms with Crippen molar-refractivity contribution in [2.75, 3.05) is 20.3 Å². The molecule has 0 saturated carbocycles. The predicted octanol–water partition coefficient (Wildman–Crippen LogP) is 4.63.